The molecule has 1 aromatic carbocycles. The molecule has 2 N–H and O–H groups in total. The van der Waals surface area contributed by atoms with Crippen LogP contribution in [0.4, 0.5) is 5.69 Å². The lowest BCUT2D eigenvalue weighted by atomic mass is 10.2. The second-order valence-corrected chi connectivity index (χ2v) is 4.82. The molecule has 1 aliphatic heterocycles. The first-order valence-corrected chi connectivity index (χ1v) is 7.11. The number of hydrogen-bond acceptors (Lipinski definition) is 5. The zero-order valence-corrected chi connectivity index (χ0v) is 12.3. The van der Waals surface area contributed by atoms with Crippen LogP contribution < -0.4 is 15.4 Å². The summed E-state index contributed by atoms with van der Waals surface area (Å²) in [5.74, 6) is 0.594. The fraction of sp³-hybridized carbons (Fsp3) is 0.533. The van der Waals surface area contributed by atoms with Gasteiger partial charge in [0.05, 0.1) is 25.5 Å². The molecule has 1 aliphatic rings. The summed E-state index contributed by atoms with van der Waals surface area (Å²) in [6.45, 7) is 3.01. The first-order chi connectivity index (χ1) is 10.3. The predicted molar refractivity (Wildman–Crippen MR) is 79.7 cm³/mol. The van der Waals surface area contributed by atoms with Crippen molar-refractivity contribution in [2.75, 3.05) is 45.4 Å². The molecule has 116 valence electrons. The van der Waals surface area contributed by atoms with E-state index in [1.54, 1.807) is 7.11 Å². The molecular weight excluding hydrogens is 272 g/mol. The van der Waals surface area contributed by atoms with Gasteiger partial charge in [-0.15, -0.1) is 0 Å². The summed E-state index contributed by atoms with van der Waals surface area (Å²) in [5.41, 5.74) is 0.676. The number of benzene rings is 1. The van der Waals surface area contributed by atoms with Crippen LogP contribution in [0, 0.1) is 0 Å². The van der Waals surface area contributed by atoms with Crippen molar-refractivity contribution in [1.29, 1.82) is 0 Å². The maximum absolute atomic E-state index is 12.1. The van der Waals surface area contributed by atoms with Crippen molar-refractivity contribution in [2.24, 2.45) is 0 Å². The minimum Gasteiger partial charge on any atom is -0.489 e. The lowest BCUT2D eigenvalue weighted by Gasteiger charge is -2.23. The molecule has 0 spiro atoms. The first-order valence-electron chi connectivity index (χ1n) is 7.11. The number of hydrogen-bond donors (Lipinski definition) is 2. The maximum atomic E-state index is 12.1. The quantitative estimate of drug-likeness (QED) is 0.735. The van der Waals surface area contributed by atoms with Crippen molar-refractivity contribution in [3.05, 3.63) is 24.3 Å². The van der Waals surface area contributed by atoms with Crippen molar-refractivity contribution < 1.29 is 19.0 Å². The molecule has 1 atom stereocenters. The Morgan fingerprint density at radius 1 is 1.43 bits per heavy atom. The third-order valence-electron chi connectivity index (χ3n) is 3.14. The topological polar surface area (TPSA) is 68.8 Å². The minimum absolute atomic E-state index is 0.0548. The highest BCUT2D eigenvalue weighted by Gasteiger charge is 2.17. The zero-order chi connectivity index (χ0) is 14.9. The Labute approximate surface area is 124 Å². The number of morpholine rings is 1. The number of ether oxygens (including phenoxy) is 3. The average Bonchev–Trinajstić information content (AvgIpc) is 2.50. The Kier molecular flexibility index (Phi) is 6.46. The molecule has 1 aromatic rings. The van der Waals surface area contributed by atoms with Crippen LogP contribution in [0.25, 0.3) is 0 Å². The van der Waals surface area contributed by atoms with Gasteiger partial charge in [0.15, 0.2) is 0 Å². The van der Waals surface area contributed by atoms with Crippen LogP contribution in [0.5, 0.6) is 5.75 Å². The fourth-order valence-corrected chi connectivity index (χ4v) is 2.11. The molecule has 21 heavy (non-hydrogen) atoms. The van der Waals surface area contributed by atoms with E-state index in [2.05, 4.69) is 10.6 Å². The Morgan fingerprint density at radius 2 is 2.29 bits per heavy atom. The Bertz CT molecular complexity index is 447. The molecule has 0 bridgehead atoms. The number of carbonyl (C=O) groups is 1. The number of methoxy groups -OCH3 is 1. The van der Waals surface area contributed by atoms with Gasteiger partial charge in [-0.25, -0.2) is 0 Å². The highest BCUT2D eigenvalue weighted by Crippen LogP contribution is 2.23. The molecule has 1 fully saturated rings. The molecule has 0 radical (unpaired) electrons. The molecule has 0 aliphatic carbocycles. The molecule has 1 unspecified atom stereocenters. The number of rotatable bonds is 7. The summed E-state index contributed by atoms with van der Waals surface area (Å²) in [6.07, 6.45) is 0.381. The van der Waals surface area contributed by atoms with E-state index in [-0.39, 0.29) is 11.9 Å². The van der Waals surface area contributed by atoms with Gasteiger partial charge in [0.2, 0.25) is 5.91 Å². The molecule has 6 nitrogen and oxygen atoms in total. The van der Waals surface area contributed by atoms with E-state index in [9.17, 15) is 4.79 Å². The molecule has 0 aromatic heterocycles. The molecule has 1 heterocycles. The van der Waals surface area contributed by atoms with Gasteiger partial charge in [-0.2, -0.15) is 0 Å². The average molecular weight is 294 g/mol. The van der Waals surface area contributed by atoms with Gasteiger partial charge in [0, 0.05) is 26.1 Å². The van der Waals surface area contributed by atoms with Gasteiger partial charge >= 0.3 is 0 Å². The van der Waals surface area contributed by atoms with E-state index in [0.29, 0.717) is 44.3 Å². The van der Waals surface area contributed by atoms with Gasteiger partial charge in [0.1, 0.15) is 12.4 Å². The summed E-state index contributed by atoms with van der Waals surface area (Å²) < 4.78 is 15.9. The van der Waals surface area contributed by atoms with Crippen LogP contribution in [0.1, 0.15) is 6.42 Å². The molecule has 2 rings (SSSR count). The smallest absolute Gasteiger partial charge is 0.226 e. The summed E-state index contributed by atoms with van der Waals surface area (Å²) in [4.78, 5) is 12.1. The van der Waals surface area contributed by atoms with E-state index in [1.165, 1.54) is 0 Å². The number of para-hydroxylation sites is 2. The van der Waals surface area contributed by atoms with E-state index in [4.69, 9.17) is 14.2 Å². The second-order valence-electron chi connectivity index (χ2n) is 4.82. The normalized spacial score (nSPS) is 18.2. The monoisotopic (exact) mass is 294 g/mol. The number of anilines is 1. The second kappa shape index (κ2) is 8.61. The number of nitrogens with one attached hydrogen (secondary N) is 2. The summed E-state index contributed by atoms with van der Waals surface area (Å²) in [5, 5.41) is 6.14. The van der Waals surface area contributed by atoms with E-state index >= 15 is 0 Å². The van der Waals surface area contributed by atoms with Crippen LogP contribution in [-0.4, -0.2) is 52.0 Å². The van der Waals surface area contributed by atoms with Crippen LogP contribution in [0.2, 0.25) is 0 Å². The van der Waals surface area contributed by atoms with E-state index < -0.39 is 0 Å². The lowest BCUT2D eigenvalue weighted by Crippen LogP contribution is -2.43. The number of amides is 1. The van der Waals surface area contributed by atoms with Crippen molar-refractivity contribution in [3.63, 3.8) is 0 Å². The van der Waals surface area contributed by atoms with Gasteiger partial charge in [-0.1, -0.05) is 12.1 Å². The van der Waals surface area contributed by atoms with Crippen molar-refractivity contribution in [1.82, 2.24) is 5.32 Å². The predicted octanol–water partition coefficient (Wildman–Crippen LogP) is 1.03. The standard InChI is InChI=1S/C15H22N2O4/c1-19-8-9-21-14-5-3-2-4-13(14)17-15(18)10-12-11-20-7-6-16-12/h2-5,12,16H,6-11H2,1H3,(H,17,18). The molecule has 6 heteroatoms. The third-order valence-corrected chi connectivity index (χ3v) is 3.14. The first kappa shape index (κ1) is 15.8. The SMILES string of the molecule is COCCOc1ccccc1NC(=O)CC1COCCN1. The number of carbonyl (C=O) groups excluding carboxylic acids is 1. The zero-order valence-electron chi connectivity index (χ0n) is 12.3. The molecule has 0 saturated carbocycles. The summed E-state index contributed by atoms with van der Waals surface area (Å²) >= 11 is 0. The van der Waals surface area contributed by atoms with Crippen molar-refractivity contribution >= 4 is 11.6 Å². The van der Waals surface area contributed by atoms with Crippen LogP contribution >= 0.6 is 0 Å². The van der Waals surface area contributed by atoms with Crippen LogP contribution in [0.15, 0.2) is 24.3 Å². The van der Waals surface area contributed by atoms with E-state index in [1.807, 2.05) is 24.3 Å². The molecule has 1 amide bonds. The maximum Gasteiger partial charge on any atom is 0.226 e. The van der Waals surface area contributed by atoms with Gasteiger partial charge in [-0.05, 0) is 12.1 Å². The van der Waals surface area contributed by atoms with Gasteiger partial charge < -0.3 is 24.8 Å². The van der Waals surface area contributed by atoms with Crippen LogP contribution in [-0.2, 0) is 14.3 Å². The molecular formula is C15H22N2O4. The van der Waals surface area contributed by atoms with Crippen molar-refractivity contribution in [3.8, 4) is 5.75 Å². The van der Waals surface area contributed by atoms with Crippen LogP contribution in [0.3, 0.4) is 0 Å². The largest absolute Gasteiger partial charge is 0.489 e. The van der Waals surface area contributed by atoms with Gasteiger partial charge in [-0.3, -0.25) is 4.79 Å². The van der Waals surface area contributed by atoms with Crippen molar-refractivity contribution in [2.45, 2.75) is 12.5 Å². The Balaban J connectivity index is 1.87. The highest BCUT2D eigenvalue weighted by molar-refractivity contribution is 5.92. The fourth-order valence-electron chi connectivity index (χ4n) is 2.11. The summed E-state index contributed by atoms with van der Waals surface area (Å²) in [7, 11) is 1.62. The van der Waals surface area contributed by atoms with E-state index in [0.717, 1.165) is 6.54 Å². The minimum atomic E-state index is -0.0548. The summed E-state index contributed by atoms with van der Waals surface area (Å²) in [6, 6.07) is 7.45. The Hall–Kier alpha value is -1.63. The molecule has 1 saturated heterocycles. The third kappa shape index (κ3) is 5.34. The van der Waals surface area contributed by atoms with Gasteiger partial charge in [0.25, 0.3) is 0 Å². The highest BCUT2D eigenvalue weighted by atomic mass is 16.5. The Morgan fingerprint density at radius 3 is 3.05 bits per heavy atom. The lowest BCUT2D eigenvalue weighted by molar-refractivity contribution is -0.117.